The predicted molar refractivity (Wildman–Crippen MR) is 274 cm³/mol. The molecule has 0 saturated heterocycles. The Morgan fingerprint density at radius 1 is 0.477 bits per heavy atom. The Balaban J connectivity index is 4.25. The molecule has 65 heavy (non-hydrogen) atoms. The molecule has 0 aliphatic heterocycles. The maximum atomic E-state index is 12.6. The van der Waals surface area contributed by atoms with Crippen LogP contribution in [-0.2, 0) is 32.7 Å². The number of esters is 2. The van der Waals surface area contributed by atoms with Crippen molar-refractivity contribution in [3.63, 3.8) is 0 Å². The number of ether oxygens (including phenoxy) is 2. The van der Waals surface area contributed by atoms with Gasteiger partial charge in [0.05, 0.1) is 13.2 Å². The minimum Gasteiger partial charge on any atom is -0.462 e. The van der Waals surface area contributed by atoms with Gasteiger partial charge < -0.3 is 20.1 Å². The smallest absolute Gasteiger partial charge is 0.462 e. The molecule has 9 nitrogen and oxygen atoms in total. The van der Waals surface area contributed by atoms with Gasteiger partial charge in [0.2, 0.25) is 0 Å². The van der Waals surface area contributed by atoms with E-state index in [0.717, 1.165) is 96.3 Å². The number of carbonyl (C=O) groups excluding carboxylic acids is 2. The summed E-state index contributed by atoms with van der Waals surface area (Å²) in [5, 5.41) is 0. The van der Waals surface area contributed by atoms with Crippen molar-refractivity contribution in [3.8, 4) is 0 Å². The molecule has 0 amide bonds. The van der Waals surface area contributed by atoms with Gasteiger partial charge in [-0.2, -0.15) is 0 Å². The molecule has 3 N–H and O–H groups in total. The fourth-order valence-electron chi connectivity index (χ4n) is 5.90. The molecule has 0 aliphatic carbocycles. The van der Waals surface area contributed by atoms with Crippen molar-refractivity contribution in [2.75, 3.05) is 26.4 Å². The molecule has 0 heterocycles. The minimum absolute atomic E-state index is 0.0342. The van der Waals surface area contributed by atoms with Crippen LogP contribution in [0.15, 0.2) is 134 Å². The van der Waals surface area contributed by atoms with Crippen LogP contribution in [0.1, 0.15) is 168 Å². The fraction of sp³-hybridized carbons (Fsp3) is 0.564. The minimum atomic E-state index is -4.41. The zero-order valence-electron chi connectivity index (χ0n) is 40.4. The van der Waals surface area contributed by atoms with Crippen LogP contribution in [-0.4, -0.2) is 49.3 Å². The van der Waals surface area contributed by atoms with Crippen LogP contribution in [0.4, 0.5) is 0 Å². The number of phosphoric acid groups is 1. The second kappa shape index (κ2) is 49.6. The summed E-state index contributed by atoms with van der Waals surface area (Å²) < 4.78 is 32.8. The second-order valence-corrected chi connectivity index (χ2v) is 17.0. The lowest BCUT2D eigenvalue weighted by molar-refractivity contribution is -0.161. The quantitative estimate of drug-likeness (QED) is 0.0265. The van der Waals surface area contributed by atoms with Crippen LogP contribution in [0.5, 0.6) is 0 Å². The largest absolute Gasteiger partial charge is 0.472 e. The van der Waals surface area contributed by atoms with E-state index in [1.807, 2.05) is 6.08 Å². The van der Waals surface area contributed by atoms with E-state index < -0.39 is 32.5 Å². The van der Waals surface area contributed by atoms with Crippen molar-refractivity contribution in [3.05, 3.63) is 134 Å². The van der Waals surface area contributed by atoms with E-state index in [9.17, 15) is 19.0 Å². The monoisotopic (exact) mass is 922 g/mol. The Morgan fingerprint density at radius 3 is 1.31 bits per heavy atom. The van der Waals surface area contributed by atoms with E-state index in [-0.39, 0.29) is 32.6 Å². The number of carbonyl (C=O) groups is 2. The highest BCUT2D eigenvalue weighted by atomic mass is 31.2. The van der Waals surface area contributed by atoms with Crippen molar-refractivity contribution in [2.24, 2.45) is 5.73 Å². The summed E-state index contributed by atoms with van der Waals surface area (Å²) in [4.78, 5) is 35.0. The maximum absolute atomic E-state index is 12.6. The molecule has 0 aromatic carbocycles. The summed E-state index contributed by atoms with van der Waals surface area (Å²) in [5.74, 6) is -0.928. The first kappa shape index (κ1) is 61.1. The van der Waals surface area contributed by atoms with Crippen LogP contribution in [0.3, 0.4) is 0 Å². The van der Waals surface area contributed by atoms with Crippen molar-refractivity contribution >= 4 is 19.8 Å². The molecule has 0 spiro atoms. The highest BCUT2D eigenvalue weighted by Gasteiger charge is 2.26. The van der Waals surface area contributed by atoms with Crippen molar-refractivity contribution in [2.45, 2.75) is 174 Å². The molecule has 0 saturated carbocycles. The van der Waals surface area contributed by atoms with Crippen molar-refractivity contribution in [1.82, 2.24) is 0 Å². The Hall–Kier alpha value is -3.85. The summed E-state index contributed by atoms with van der Waals surface area (Å²) in [7, 11) is -4.41. The van der Waals surface area contributed by atoms with Crippen LogP contribution in [0.2, 0.25) is 0 Å². The van der Waals surface area contributed by atoms with Gasteiger partial charge in [0, 0.05) is 19.4 Å². The molecule has 0 fully saturated rings. The summed E-state index contributed by atoms with van der Waals surface area (Å²) in [6.07, 6.45) is 69.2. The lowest BCUT2D eigenvalue weighted by Crippen LogP contribution is -2.29. The average molecular weight is 922 g/mol. The Kier molecular flexibility index (Phi) is 46.6. The lowest BCUT2D eigenvalue weighted by Gasteiger charge is -2.19. The molecule has 0 bridgehead atoms. The summed E-state index contributed by atoms with van der Waals surface area (Å²) in [6, 6.07) is 0. The third kappa shape index (κ3) is 49.4. The summed E-state index contributed by atoms with van der Waals surface area (Å²) >= 11 is 0. The maximum Gasteiger partial charge on any atom is 0.472 e. The third-order valence-corrected chi connectivity index (χ3v) is 10.5. The predicted octanol–water partition coefficient (Wildman–Crippen LogP) is 15.1. The van der Waals surface area contributed by atoms with Gasteiger partial charge in [0.25, 0.3) is 0 Å². The second-order valence-electron chi connectivity index (χ2n) is 15.6. The Morgan fingerprint density at radius 2 is 0.862 bits per heavy atom. The molecule has 0 aromatic heterocycles. The SMILES string of the molecule is CC/C=C\C/C=C\C/C=C\C/C=C\C/C=C\C/C=C\C/C=C\C/C=C\C/C=C\CCCC(=O)OC(COC(=O)CCCCCCC/C=C\C/C=C\CCCCC)COP(=O)(O)OCCN. The topological polar surface area (TPSA) is 134 Å². The standard InChI is InChI=1S/C55H88NO8P/c1-3-5-7-9-11-13-15-17-19-20-21-22-23-24-25-26-27-28-29-30-31-32-34-36-38-40-42-44-46-48-55(58)64-53(52-63-65(59,60)62-50-49-56)51-61-54(57)47-45-43-41-39-37-35-33-18-16-14-12-10-8-6-4-2/h5,7,11-14,17-19,21-22,24-25,27-28,30-31,33-34,36,40,42,53H,3-4,6,8-10,15-16,20,23,26,29,32,35,37-39,41,43-52,56H2,1-2H3,(H,59,60)/b7-5-,13-11-,14-12-,19-17-,22-21-,25-24-,28-27-,31-30-,33-18-,36-34-,42-40-. The molecule has 0 radical (unpaired) electrons. The zero-order valence-corrected chi connectivity index (χ0v) is 41.3. The number of allylic oxidation sites excluding steroid dienone is 22. The summed E-state index contributed by atoms with van der Waals surface area (Å²) in [6.45, 7) is 3.48. The van der Waals surface area contributed by atoms with E-state index in [0.29, 0.717) is 19.3 Å². The number of nitrogens with two attached hydrogens (primary N) is 1. The van der Waals surface area contributed by atoms with E-state index in [4.69, 9.17) is 24.3 Å². The highest BCUT2D eigenvalue weighted by Crippen LogP contribution is 2.43. The van der Waals surface area contributed by atoms with E-state index in [1.165, 1.54) is 25.7 Å². The third-order valence-electron chi connectivity index (χ3n) is 9.52. The number of phosphoric ester groups is 1. The van der Waals surface area contributed by atoms with Gasteiger partial charge in [-0.15, -0.1) is 0 Å². The van der Waals surface area contributed by atoms with Gasteiger partial charge in [-0.1, -0.05) is 180 Å². The van der Waals surface area contributed by atoms with E-state index >= 15 is 0 Å². The van der Waals surface area contributed by atoms with E-state index in [1.54, 1.807) is 0 Å². The summed E-state index contributed by atoms with van der Waals surface area (Å²) in [5.41, 5.74) is 5.35. The fourth-order valence-corrected chi connectivity index (χ4v) is 6.66. The number of unbranched alkanes of at least 4 members (excludes halogenated alkanes) is 9. The molecular weight excluding hydrogens is 834 g/mol. The van der Waals surface area contributed by atoms with Gasteiger partial charge in [0.15, 0.2) is 6.10 Å². The van der Waals surface area contributed by atoms with Crippen LogP contribution >= 0.6 is 7.82 Å². The molecule has 0 rings (SSSR count). The molecule has 10 heteroatoms. The molecule has 0 aliphatic rings. The highest BCUT2D eigenvalue weighted by molar-refractivity contribution is 7.47. The molecule has 366 valence electrons. The van der Waals surface area contributed by atoms with Gasteiger partial charge in [0.1, 0.15) is 6.61 Å². The number of rotatable bonds is 44. The van der Waals surface area contributed by atoms with Crippen LogP contribution in [0.25, 0.3) is 0 Å². The molecule has 2 atom stereocenters. The zero-order chi connectivity index (χ0) is 47.4. The molecule has 2 unspecified atom stereocenters. The first-order valence-electron chi connectivity index (χ1n) is 24.7. The first-order chi connectivity index (χ1) is 31.8. The molecular formula is C55H88NO8P. The van der Waals surface area contributed by atoms with Crippen molar-refractivity contribution in [1.29, 1.82) is 0 Å². The van der Waals surface area contributed by atoms with Crippen molar-refractivity contribution < 1.29 is 37.6 Å². The van der Waals surface area contributed by atoms with Gasteiger partial charge in [-0.05, 0) is 109 Å². The molecule has 0 aromatic rings. The van der Waals surface area contributed by atoms with Gasteiger partial charge >= 0.3 is 19.8 Å². The van der Waals surface area contributed by atoms with Crippen LogP contribution in [0, 0.1) is 0 Å². The Labute approximate surface area is 395 Å². The number of hydrogen-bond donors (Lipinski definition) is 2. The van der Waals surface area contributed by atoms with Gasteiger partial charge in [-0.25, -0.2) is 4.57 Å². The van der Waals surface area contributed by atoms with Crippen LogP contribution < -0.4 is 5.73 Å². The normalized spacial score (nSPS) is 14.3. The van der Waals surface area contributed by atoms with E-state index in [2.05, 4.69) is 141 Å². The first-order valence-corrected chi connectivity index (χ1v) is 26.2. The average Bonchev–Trinajstić information content (AvgIpc) is 3.30. The Bertz CT molecular complexity index is 1520. The number of hydrogen-bond acceptors (Lipinski definition) is 8. The lowest BCUT2D eigenvalue weighted by atomic mass is 10.1. The van der Waals surface area contributed by atoms with Gasteiger partial charge in [-0.3, -0.25) is 18.6 Å².